The quantitative estimate of drug-likeness (QED) is 0.552. The Balaban J connectivity index is 1.69. The standard InChI is InChI=1S/C13H13N9O/c14-12-11(18-23-19-12)13-15-8-4-1-2-5-9(8)22(13)7-3-6-10-16-20-21-17-10/h1-2,4-5H,3,6-7H2,(H2,14,19)(H,16,17,20,21). The number of aromatic amines is 1. The SMILES string of the molecule is Nc1nonc1-c1nc2ccccc2n1CCCc1nn[nH]n1. The van der Waals surface area contributed by atoms with Crippen LogP contribution in [0.15, 0.2) is 28.9 Å². The van der Waals surface area contributed by atoms with Crippen LogP contribution in [0.4, 0.5) is 5.82 Å². The number of hydrogen-bond donors (Lipinski definition) is 2. The second kappa shape index (κ2) is 5.48. The minimum atomic E-state index is 0.222. The van der Waals surface area contributed by atoms with Crippen LogP contribution in [0.1, 0.15) is 12.2 Å². The highest BCUT2D eigenvalue weighted by atomic mass is 16.6. The number of tetrazole rings is 1. The summed E-state index contributed by atoms with van der Waals surface area (Å²) in [6.45, 7) is 0.705. The van der Waals surface area contributed by atoms with Crippen molar-refractivity contribution >= 4 is 16.9 Å². The summed E-state index contributed by atoms with van der Waals surface area (Å²) >= 11 is 0. The Morgan fingerprint density at radius 3 is 2.91 bits per heavy atom. The van der Waals surface area contributed by atoms with Gasteiger partial charge in [-0.15, -0.1) is 10.2 Å². The van der Waals surface area contributed by atoms with Crippen molar-refractivity contribution in [2.45, 2.75) is 19.4 Å². The number of hydrogen-bond acceptors (Lipinski definition) is 8. The second-order valence-electron chi connectivity index (χ2n) is 5.01. The first kappa shape index (κ1) is 13.4. The van der Waals surface area contributed by atoms with Crippen LogP contribution < -0.4 is 5.73 Å². The topological polar surface area (TPSA) is 137 Å². The molecule has 0 fully saturated rings. The molecule has 0 unspecified atom stereocenters. The van der Waals surface area contributed by atoms with Crippen molar-refractivity contribution in [1.82, 2.24) is 40.5 Å². The smallest absolute Gasteiger partial charge is 0.199 e. The molecule has 3 N–H and O–H groups in total. The summed E-state index contributed by atoms with van der Waals surface area (Å²) in [5, 5.41) is 21.4. The molecule has 1 aromatic carbocycles. The first-order chi connectivity index (χ1) is 11.3. The monoisotopic (exact) mass is 311 g/mol. The van der Waals surface area contributed by atoms with Crippen molar-refractivity contribution in [3.63, 3.8) is 0 Å². The zero-order chi connectivity index (χ0) is 15.6. The third-order valence-corrected chi connectivity index (χ3v) is 3.55. The number of rotatable bonds is 5. The van der Waals surface area contributed by atoms with Gasteiger partial charge in [-0.1, -0.05) is 17.3 Å². The number of aryl methyl sites for hydroxylation is 2. The summed E-state index contributed by atoms with van der Waals surface area (Å²) < 4.78 is 6.75. The minimum Gasteiger partial charge on any atom is -0.379 e. The van der Waals surface area contributed by atoms with E-state index in [2.05, 4.69) is 35.9 Å². The highest BCUT2D eigenvalue weighted by Crippen LogP contribution is 2.26. The Morgan fingerprint density at radius 1 is 1.22 bits per heavy atom. The van der Waals surface area contributed by atoms with Crippen molar-refractivity contribution in [3.05, 3.63) is 30.1 Å². The maximum absolute atomic E-state index is 5.82. The van der Waals surface area contributed by atoms with Crippen LogP contribution in [-0.4, -0.2) is 40.5 Å². The number of benzene rings is 1. The van der Waals surface area contributed by atoms with Gasteiger partial charge in [0.15, 0.2) is 23.2 Å². The number of para-hydroxylation sites is 2. The van der Waals surface area contributed by atoms with E-state index in [0.29, 0.717) is 30.3 Å². The third kappa shape index (κ3) is 2.39. The Hall–Kier alpha value is -3.30. The minimum absolute atomic E-state index is 0.222. The van der Waals surface area contributed by atoms with Gasteiger partial charge in [0.1, 0.15) is 0 Å². The van der Waals surface area contributed by atoms with Crippen LogP contribution >= 0.6 is 0 Å². The highest BCUT2D eigenvalue weighted by molar-refractivity contribution is 5.81. The fourth-order valence-corrected chi connectivity index (χ4v) is 2.52. The van der Waals surface area contributed by atoms with Crippen LogP contribution in [0.2, 0.25) is 0 Å². The molecule has 0 saturated heterocycles. The molecule has 0 atom stereocenters. The molecule has 4 rings (SSSR count). The number of nitrogens with two attached hydrogens (primary N) is 1. The molecule has 0 spiro atoms. The number of fused-ring (bicyclic) bond motifs is 1. The van der Waals surface area contributed by atoms with Crippen molar-refractivity contribution in [1.29, 1.82) is 0 Å². The fourth-order valence-electron chi connectivity index (χ4n) is 2.52. The lowest BCUT2D eigenvalue weighted by molar-refractivity contribution is 0.310. The van der Waals surface area contributed by atoms with Gasteiger partial charge >= 0.3 is 0 Å². The van der Waals surface area contributed by atoms with Gasteiger partial charge in [0, 0.05) is 13.0 Å². The van der Waals surface area contributed by atoms with Crippen LogP contribution in [0.3, 0.4) is 0 Å². The van der Waals surface area contributed by atoms with Crippen LogP contribution in [0.25, 0.3) is 22.6 Å². The van der Waals surface area contributed by atoms with Gasteiger partial charge in [0.25, 0.3) is 0 Å². The predicted octanol–water partition coefficient (Wildman–Crippen LogP) is 0.814. The Bertz CT molecular complexity index is 924. The van der Waals surface area contributed by atoms with E-state index in [1.165, 1.54) is 0 Å². The number of anilines is 1. The molecule has 4 aromatic rings. The molecule has 0 bridgehead atoms. The summed E-state index contributed by atoms with van der Waals surface area (Å²) in [6, 6.07) is 7.85. The van der Waals surface area contributed by atoms with Gasteiger partial charge in [0.2, 0.25) is 0 Å². The van der Waals surface area contributed by atoms with E-state index in [0.717, 1.165) is 17.5 Å². The van der Waals surface area contributed by atoms with E-state index in [9.17, 15) is 0 Å². The van der Waals surface area contributed by atoms with E-state index in [1.54, 1.807) is 0 Å². The third-order valence-electron chi connectivity index (χ3n) is 3.55. The molecule has 3 heterocycles. The molecule has 3 aromatic heterocycles. The van der Waals surface area contributed by atoms with E-state index >= 15 is 0 Å². The van der Waals surface area contributed by atoms with Gasteiger partial charge in [0.05, 0.1) is 11.0 Å². The molecule has 0 aliphatic heterocycles. The molecular weight excluding hydrogens is 298 g/mol. The lowest BCUT2D eigenvalue weighted by Gasteiger charge is -2.06. The highest BCUT2D eigenvalue weighted by Gasteiger charge is 2.18. The number of H-pyrrole nitrogens is 1. The largest absolute Gasteiger partial charge is 0.379 e. The zero-order valence-corrected chi connectivity index (χ0v) is 12.0. The maximum Gasteiger partial charge on any atom is 0.199 e. The zero-order valence-electron chi connectivity index (χ0n) is 12.0. The van der Waals surface area contributed by atoms with Crippen molar-refractivity contribution in [3.8, 4) is 11.5 Å². The van der Waals surface area contributed by atoms with Crippen LogP contribution in [0, 0.1) is 0 Å². The molecule has 116 valence electrons. The van der Waals surface area contributed by atoms with Crippen molar-refractivity contribution in [2.24, 2.45) is 0 Å². The van der Waals surface area contributed by atoms with E-state index < -0.39 is 0 Å². The molecule has 0 aliphatic carbocycles. The molecule has 0 aliphatic rings. The van der Waals surface area contributed by atoms with E-state index in [4.69, 9.17) is 10.4 Å². The molecule has 10 nitrogen and oxygen atoms in total. The van der Waals surface area contributed by atoms with Gasteiger partial charge in [-0.05, 0) is 28.9 Å². The lowest BCUT2D eigenvalue weighted by Crippen LogP contribution is -2.04. The molecule has 10 heteroatoms. The van der Waals surface area contributed by atoms with Crippen LogP contribution in [-0.2, 0) is 13.0 Å². The average Bonchev–Trinajstić information content (AvgIpc) is 3.28. The first-order valence-electron chi connectivity index (χ1n) is 7.09. The number of imidazole rings is 1. The normalized spacial score (nSPS) is 11.3. The van der Waals surface area contributed by atoms with Crippen molar-refractivity contribution < 1.29 is 4.63 Å². The summed E-state index contributed by atoms with van der Waals surface area (Å²) in [7, 11) is 0. The van der Waals surface area contributed by atoms with E-state index in [-0.39, 0.29) is 5.82 Å². The Labute approximate surface area is 129 Å². The summed E-state index contributed by atoms with van der Waals surface area (Å²) in [6.07, 6.45) is 1.52. The lowest BCUT2D eigenvalue weighted by atomic mass is 10.2. The number of nitrogen functional groups attached to an aromatic ring is 1. The number of nitrogens with zero attached hydrogens (tertiary/aromatic N) is 7. The Morgan fingerprint density at radius 2 is 2.13 bits per heavy atom. The number of aromatic nitrogens is 8. The van der Waals surface area contributed by atoms with Crippen molar-refractivity contribution in [2.75, 3.05) is 5.73 Å². The summed E-state index contributed by atoms with van der Waals surface area (Å²) in [5.74, 6) is 1.54. The average molecular weight is 311 g/mol. The summed E-state index contributed by atoms with van der Waals surface area (Å²) in [4.78, 5) is 4.60. The van der Waals surface area contributed by atoms with Gasteiger partial charge in [-0.25, -0.2) is 9.61 Å². The van der Waals surface area contributed by atoms with Crippen LogP contribution in [0.5, 0.6) is 0 Å². The second-order valence-corrected chi connectivity index (χ2v) is 5.01. The molecule has 0 radical (unpaired) electrons. The number of nitrogens with one attached hydrogen (secondary N) is 1. The summed E-state index contributed by atoms with van der Waals surface area (Å²) in [5.41, 5.74) is 8.12. The first-order valence-corrected chi connectivity index (χ1v) is 7.09. The predicted molar refractivity (Wildman–Crippen MR) is 79.9 cm³/mol. The molecular formula is C13H13N9O. The van der Waals surface area contributed by atoms with Gasteiger partial charge < -0.3 is 10.3 Å². The van der Waals surface area contributed by atoms with Gasteiger partial charge in [-0.3, -0.25) is 0 Å². The molecule has 23 heavy (non-hydrogen) atoms. The molecule has 0 amide bonds. The fraction of sp³-hybridized carbons (Fsp3) is 0.231. The Kier molecular flexibility index (Phi) is 3.18. The van der Waals surface area contributed by atoms with E-state index in [1.807, 2.05) is 28.8 Å². The van der Waals surface area contributed by atoms with Gasteiger partial charge in [-0.2, -0.15) is 5.21 Å². The maximum atomic E-state index is 5.82. The molecule has 0 saturated carbocycles.